The number of carboxylic acids is 2. The van der Waals surface area contributed by atoms with Gasteiger partial charge >= 0.3 is 5.97 Å². The Morgan fingerprint density at radius 1 is 1.29 bits per heavy atom. The molecule has 52 heavy (non-hydrogen) atoms. The van der Waals surface area contributed by atoms with Crippen LogP contribution < -0.4 is 21.1 Å². The fourth-order valence-electron chi connectivity index (χ4n) is 5.36. The second-order valence-corrected chi connectivity index (χ2v) is 13.8. The number of thiazole rings is 1. The van der Waals surface area contributed by atoms with Crippen molar-refractivity contribution in [1.82, 2.24) is 19.4 Å². The van der Waals surface area contributed by atoms with Crippen LogP contribution in [0.5, 0.6) is 0 Å². The number of amides is 1. The smallest absolute Gasteiger partial charge is 0.350 e. The number of β-lactam (4-membered cyclic amide) rings is 1. The van der Waals surface area contributed by atoms with Crippen LogP contribution in [0.25, 0.3) is 10.9 Å². The van der Waals surface area contributed by atoms with Crippen LogP contribution in [0, 0.1) is 11.3 Å². The Morgan fingerprint density at radius 2 is 2.02 bits per heavy atom. The van der Waals surface area contributed by atoms with Gasteiger partial charge in [0.2, 0.25) is 17.4 Å². The molecule has 0 radical (unpaired) electrons. The van der Waals surface area contributed by atoms with Crippen LogP contribution in [-0.2, 0) is 41.9 Å². The third-order valence-corrected chi connectivity index (χ3v) is 10.0. The minimum Gasteiger partial charge on any atom is -0.543 e. The second-order valence-electron chi connectivity index (χ2n) is 11.8. The lowest BCUT2D eigenvalue weighted by molar-refractivity contribution is -0.687. The first-order valence-electron chi connectivity index (χ1n) is 15.1. The maximum atomic E-state index is 13.4. The van der Waals surface area contributed by atoms with E-state index in [9.17, 15) is 29.4 Å². The molecule has 0 aliphatic carbocycles. The number of carbonyl (C=O) groups is 5. The molecular formula is C31H31N9O10S2. The summed E-state index contributed by atoms with van der Waals surface area (Å²) in [7, 11) is 0. The van der Waals surface area contributed by atoms with Crippen molar-refractivity contribution < 1.29 is 53.1 Å². The Hall–Kier alpha value is -6.09. The van der Waals surface area contributed by atoms with Gasteiger partial charge in [-0.1, -0.05) is 5.16 Å². The second kappa shape index (κ2) is 15.0. The lowest BCUT2D eigenvalue weighted by Crippen LogP contribution is -2.63. The van der Waals surface area contributed by atoms with Gasteiger partial charge in [-0.05, 0) is 19.9 Å². The van der Waals surface area contributed by atoms with E-state index in [-0.39, 0.29) is 59.0 Å². The molecule has 4 aromatic rings. The number of nitrogen functional groups attached to an aromatic ring is 2. The number of hydrogen-bond acceptors (Lipinski definition) is 15. The first kappa shape index (κ1) is 37.2. The summed E-state index contributed by atoms with van der Waals surface area (Å²) in [6.45, 7) is 2.73. The highest BCUT2D eigenvalue weighted by Gasteiger charge is 2.53. The number of nitrogens with one attached hydrogen (secondary N) is 1. The van der Waals surface area contributed by atoms with Gasteiger partial charge < -0.3 is 45.4 Å². The van der Waals surface area contributed by atoms with Gasteiger partial charge in [0.05, 0.1) is 40.4 Å². The van der Waals surface area contributed by atoms with E-state index in [1.54, 1.807) is 10.8 Å². The van der Waals surface area contributed by atoms with E-state index in [0.717, 1.165) is 27.1 Å². The van der Waals surface area contributed by atoms with Crippen LogP contribution in [0.15, 0.2) is 63.2 Å². The Balaban J connectivity index is 0.00000168. The Labute approximate surface area is 301 Å². The number of pyridine rings is 1. The lowest BCUT2D eigenvalue weighted by Gasteiger charge is -2.50. The molecule has 19 nitrogen and oxygen atoms in total. The minimum atomic E-state index is -1.76. The normalized spacial score (nSPS) is 17.2. The number of fused-ring (bicyclic) bond motifs is 2. The number of oxime groups is 1. The first-order chi connectivity index (χ1) is 24.6. The molecule has 6 heterocycles. The van der Waals surface area contributed by atoms with Crippen LogP contribution >= 0.6 is 23.1 Å². The van der Waals surface area contributed by atoms with Crippen molar-refractivity contribution in [2.45, 2.75) is 44.3 Å². The van der Waals surface area contributed by atoms with E-state index in [1.807, 2.05) is 29.1 Å². The number of amidine groups is 1. The molecule has 2 atom stereocenters. The summed E-state index contributed by atoms with van der Waals surface area (Å²) in [5.74, 6) is -4.46. The highest BCUT2D eigenvalue weighted by atomic mass is 32.2. The van der Waals surface area contributed by atoms with Gasteiger partial charge in [0, 0.05) is 35.4 Å². The number of carboxylic acid groups (broad SMARTS) is 3. The summed E-state index contributed by atoms with van der Waals surface area (Å²) in [5, 5.41) is 41.8. The number of hydrogen-bond donors (Lipinski definition) is 5. The Morgan fingerprint density at radius 3 is 2.63 bits per heavy atom. The van der Waals surface area contributed by atoms with E-state index in [2.05, 4.69) is 15.1 Å². The molecular weight excluding hydrogens is 723 g/mol. The number of ketones is 1. The molecule has 272 valence electrons. The van der Waals surface area contributed by atoms with E-state index in [0.29, 0.717) is 18.0 Å². The third-order valence-electron chi connectivity index (χ3n) is 7.94. The Kier molecular flexibility index (Phi) is 10.7. The summed E-state index contributed by atoms with van der Waals surface area (Å²) >= 11 is 2.36. The van der Waals surface area contributed by atoms with E-state index < -0.39 is 40.5 Å². The minimum absolute atomic E-state index is 0.0651. The highest BCUT2D eigenvalue weighted by Crippen LogP contribution is 2.45. The molecule has 1 amide bonds. The van der Waals surface area contributed by atoms with Crippen LogP contribution in [0.1, 0.15) is 37.5 Å². The van der Waals surface area contributed by atoms with Crippen molar-refractivity contribution in [3.05, 3.63) is 70.9 Å². The fraction of sp³-hybridized carbons (Fsp3) is 0.290. The summed E-state index contributed by atoms with van der Waals surface area (Å²) in [4.78, 5) is 73.7. The molecule has 6 rings (SSSR count). The van der Waals surface area contributed by atoms with Gasteiger partial charge in [-0.2, -0.15) is 0 Å². The third kappa shape index (κ3) is 7.63. The molecule has 0 spiro atoms. The molecule has 1 fully saturated rings. The van der Waals surface area contributed by atoms with Crippen molar-refractivity contribution in [1.29, 1.82) is 5.41 Å². The first-order valence-corrected chi connectivity index (χ1v) is 17.0. The maximum absolute atomic E-state index is 13.4. The number of Topliss-reactive ketones (excluding diaryl/α,β-unsaturated/α-hetero) is 1. The monoisotopic (exact) mass is 753 g/mol. The van der Waals surface area contributed by atoms with Crippen molar-refractivity contribution in [2.24, 2.45) is 16.8 Å². The predicted octanol–water partition coefficient (Wildman–Crippen LogP) is -0.233. The predicted molar refractivity (Wildman–Crippen MR) is 182 cm³/mol. The summed E-state index contributed by atoms with van der Waals surface area (Å²) in [6.07, 6.45) is 6.45. The maximum Gasteiger partial charge on any atom is 0.350 e. The standard InChI is InChI=1S/C30H29N9O8S2.CH2O2/c1-30(2,28(44)45)47-36-22(18-13-49-29(33)35-18)20(40)7-16-25(41)39-23(27(42)43)15(12-48-26(16)39)9-37-5-4-19-14(8-37)3-6-38(19)10-21-34-17(11-46-21)24(31)32;2-1-3/h3-6,8,11,13,16,26H,7,9-10,12H2,1-2H3,(H6-,31,32,33,35,42,43,44,45);1H,(H,2,3)/b36-22-;/t16-,26-;/m1./s1. The van der Waals surface area contributed by atoms with Crippen molar-refractivity contribution in [3.63, 3.8) is 0 Å². The number of oxazole rings is 1. The fourth-order valence-corrected chi connectivity index (χ4v) is 7.31. The number of aromatic nitrogens is 4. The molecule has 0 bridgehead atoms. The van der Waals surface area contributed by atoms with Gasteiger partial charge in [0.25, 0.3) is 6.47 Å². The Bertz CT molecular complexity index is 2150. The number of rotatable bonds is 13. The quantitative estimate of drug-likeness (QED) is 0.0294. The molecule has 2 aliphatic heterocycles. The topological polar surface area (TPSA) is 297 Å². The zero-order valence-electron chi connectivity index (χ0n) is 27.4. The summed E-state index contributed by atoms with van der Waals surface area (Å²) < 4.78 is 9.12. The molecule has 1 saturated heterocycles. The number of anilines is 1. The average molecular weight is 754 g/mol. The highest BCUT2D eigenvalue weighted by molar-refractivity contribution is 8.00. The van der Waals surface area contributed by atoms with E-state index in [1.165, 1.54) is 37.3 Å². The summed E-state index contributed by atoms with van der Waals surface area (Å²) in [5.41, 5.74) is 10.5. The zero-order valence-corrected chi connectivity index (χ0v) is 29.0. The van der Waals surface area contributed by atoms with Crippen LogP contribution in [-0.4, -0.2) is 88.0 Å². The largest absolute Gasteiger partial charge is 0.543 e. The van der Waals surface area contributed by atoms with Gasteiger partial charge in [-0.25, -0.2) is 19.3 Å². The van der Waals surface area contributed by atoms with Crippen LogP contribution in [0.4, 0.5) is 5.13 Å². The lowest BCUT2D eigenvalue weighted by atomic mass is 9.89. The van der Waals surface area contributed by atoms with Gasteiger partial charge in [0.1, 0.15) is 23.5 Å². The van der Waals surface area contributed by atoms with Crippen LogP contribution in [0.3, 0.4) is 0 Å². The average Bonchev–Trinajstić information content (AvgIpc) is 3.84. The van der Waals surface area contributed by atoms with Gasteiger partial charge in [0.15, 0.2) is 35.6 Å². The van der Waals surface area contributed by atoms with E-state index in [4.69, 9.17) is 36.0 Å². The van der Waals surface area contributed by atoms with E-state index >= 15 is 0 Å². The number of nitrogens with zero attached hydrogens (tertiary/aromatic N) is 6. The number of carbonyl (C=O) groups excluding carboxylic acids is 3. The summed E-state index contributed by atoms with van der Waals surface area (Å²) in [6, 6.07) is 3.74. The zero-order chi connectivity index (χ0) is 37.9. The van der Waals surface area contributed by atoms with Crippen molar-refractivity contribution in [3.8, 4) is 0 Å². The van der Waals surface area contributed by atoms with Gasteiger partial charge in [-0.3, -0.25) is 24.7 Å². The van der Waals surface area contributed by atoms with Crippen LogP contribution in [0.2, 0.25) is 0 Å². The number of aliphatic carboxylic acids is 2. The number of nitrogens with two attached hydrogens (primary N) is 2. The molecule has 21 heteroatoms. The van der Waals surface area contributed by atoms with Crippen molar-refractivity contribution >= 4 is 80.8 Å². The van der Waals surface area contributed by atoms with Gasteiger partial charge in [-0.15, -0.1) is 23.1 Å². The van der Waals surface area contributed by atoms with Crippen molar-refractivity contribution in [2.75, 3.05) is 11.5 Å². The molecule has 0 unspecified atom stereocenters. The number of thioether (sulfide) groups is 1. The molecule has 0 saturated carbocycles. The molecule has 2 aliphatic rings. The molecule has 0 aromatic carbocycles. The molecule has 4 aromatic heterocycles. The SMILES string of the molecule is CC(C)(O/N=C(\C(=O)C[C@@H]1C(=O)N2C(C(=O)[O-])=C(C[n+]3ccc4c(ccn4Cc4nc(C(=N)N)co4)c3)CS[C@H]12)c1csc(N)n1)C(=O)O.O=CO. The molecule has 7 N–H and O–H groups in total.